The molecule has 0 aliphatic heterocycles. The van der Waals surface area contributed by atoms with Crippen LogP contribution in [0.4, 0.5) is 5.69 Å². The van der Waals surface area contributed by atoms with Crippen LogP contribution in [0.25, 0.3) is 0 Å². The fourth-order valence-corrected chi connectivity index (χ4v) is 3.24. The molecule has 20 heavy (non-hydrogen) atoms. The average molecular weight is 308 g/mol. The van der Waals surface area contributed by atoms with Crippen molar-refractivity contribution in [2.24, 2.45) is 0 Å². The van der Waals surface area contributed by atoms with Gasteiger partial charge in [-0.1, -0.05) is 11.6 Å². The largest absolute Gasteiger partial charge is 0.278 e. The highest BCUT2D eigenvalue weighted by molar-refractivity contribution is 7.92. The van der Waals surface area contributed by atoms with Gasteiger partial charge in [0.1, 0.15) is 4.90 Å². The molecule has 1 aromatic carbocycles. The van der Waals surface area contributed by atoms with E-state index < -0.39 is 10.0 Å². The molecule has 0 saturated carbocycles. The van der Waals surface area contributed by atoms with Gasteiger partial charge < -0.3 is 0 Å². The Morgan fingerprint density at radius 1 is 1.35 bits per heavy atom. The predicted octanol–water partition coefficient (Wildman–Crippen LogP) is 2.72. The van der Waals surface area contributed by atoms with Gasteiger partial charge in [-0.05, 0) is 37.3 Å². The number of benzene rings is 1. The minimum atomic E-state index is -3.82. The smallest absolute Gasteiger partial charge is 0.263 e. The van der Waals surface area contributed by atoms with Gasteiger partial charge in [0, 0.05) is 6.20 Å². The first kappa shape index (κ1) is 14.3. The van der Waals surface area contributed by atoms with Crippen molar-refractivity contribution in [3.63, 3.8) is 0 Å². The highest BCUT2D eigenvalue weighted by Crippen LogP contribution is 2.25. The standard InChI is InChI=1S/C13H10ClN3O2S/c1-9-12(3-2-6-16-9)17-20(18,19)13-5-4-10(8-15)7-11(13)14/h2-7,17H,1H3. The minimum absolute atomic E-state index is 0.00177. The van der Waals surface area contributed by atoms with Crippen LogP contribution in [-0.2, 0) is 10.0 Å². The van der Waals surface area contributed by atoms with Gasteiger partial charge in [0.05, 0.1) is 28.0 Å². The summed E-state index contributed by atoms with van der Waals surface area (Å²) in [5.41, 5.74) is 1.24. The van der Waals surface area contributed by atoms with Crippen LogP contribution >= 0.6 is 11.6 Å². The molecule has 1 aromatic heterocycles. The third kappa shape index (κ3) is 2.90. The fourth-order valence-electron chi connectivity index (χ4n) is 1.58. The quantitative estimate of drug-likeness (QED) is 0.945. The van der Waals surface area contributed by atoms with Gasteiger partial charge in [0.15, 0.2) is 0 Å². The molecule has 0 spiro atoms. The molecular formula is C13H10ClN3O2S. The molecule has 0 aliphatic rings. The number of nitriles is 1. The zero-order valence-electron chi connectivity index (χ0n) is 10.5. The zero-order valence-corrected chi connectivity index (χ0v) is 12.0. The van der Waals surface area contributed by atoms with Crippen LogP contribution < -0.4 is 4.72 Å². The average Bonchev–Trinajstić information content (AvgIpc) is 2.40. The van der Waals surface area contributed by atoms with E-state index in [1.807, 2.05) is 6.07 Å². The van der Waals surface area contributed by atoms with Crippen molar-refractivity contribution in [1.29, 1.82) is 5.26 Å². The summed E-state index contributed by atoms with van der Waals surface area (Å²) in [6.45, 7) is 1.69. The molecule has 5 nitrogen and oxygen atoms in total. The summed E-state index contributed by atoms with van der Waals surface area (Å²) in [6.07, 6.45) is 1.57. The summed E-state index contributed by atoms with van der Waals surface area (Å²) >= 11 is 5.91. The molecule has 2 aromatic rings. The van der Waals surface area contributed by atoms with Gasteiger partial charge in [-0.3, -0.25) is 9.71 Å². The SMILES string of the molecule is Cc1ncccc1NS(=O)(=O)c1ccc(C#N)cc1Cl. The molecule has 0 atom stereocenters. The summed E-state index contributed by atoms with van der Waals surface area (Å²) < 4.78 is 27.0. The van der Waals surface area contributed by atoms with Crippen LogP contribution in [-0.4, -0.2) is 13.4 Å². The Kier molecular flexibility index (Phi) is 3.93. The van der Waals surface area contributed by atoms with E-state index in [0.29, 0.717) is 16.9 Å². The number of anilines is 1. The Morgan fingerprint density at radius 2 is 2.10 bits per heavy atom. The molecule has 2 rings (SSSR count). The Morgan fingerprint density at radius 3 is 2.70 bits per heavy atom. The third-order valence-electron chi connectivity index (χ3n) is 2.60. The maximum Gasteiger partial charge on any atom is 0.263 e. The summed E-state index contributed by atoms with van der Waals surface area (Å²) in [7, 11) is -3.82. The summed E-state index contributed by atoms with van der Waals surface area (Å²) in [5.74, 6) is 0. The maximum absolute atomic E-state index is 12.3. The van der Waals surface area contributed by atoms with Gasteiger partial charge in [-0.2, -0.15) is 5.26 Å². The zero-order chi connectivity index (χ0) is 14.8. The van der Waals surface area contributed by atoms with E-state index in [0.717, 1.165) is 0 Å². The van der Waals surface area contributed by atoms with Crippen molar-refractivity contribution in [2.75, 3.05) is 4.72 Å². The number of sulfonamides is 1. The molecule has 0 unspecified atom stereocenters. The Balaban J connectivity index is 2.42. The van der Waals surface area contributed by atoms with Crippen LogP contribution in [0, 0.1) is 18.3 Å². The maximum atomic E-state index is 12.3. The molecule has 0 amide bonds. The van der Waals surface area contributed by atoms with Crippen molar-refractivity contribution in [2.45, 2.75) is 11.8 Å². The van der Waals surface area contributed by atoms with Crippen molar-refractivity contribution in [3.05, 3.63) is 52.8 Å². The van der Waals surface area contributed by atoms with E-state index >= 15 is 0 Å². The van der Waals surface area contributed by atoms with Crippen LogP contribution in [0.3, 0.4) is 0 Å². The number of nitrogens with one attached hydrogen (secondary N) is 1. The lowest BCUT2D eigenvalue weighted by Gasteiger charge is -2.11. The normalized spacial score (nSPS) is 10.8. The second-order valence-electron chi connectivity index (χ2n) is 4.00. The van der Waals surface area contributed by atoms with E-state index in [2.05, 4.69) is 9.71 Å². The molecule has 102 valence electrons. The molecule has 0 fully saturated rings. The van der Waals surface area contributed by atoms with Crippen LogP contribution in [0.2, 0.25) is 5.02 Å². The van der Waals surface area contributed by atoms with Gasteiger partial charge in [-0.15, -0.1) is 0 Å². The Bertz CT molecular complexity index is 798. The third-order valence-corrected chi connectivity index (χ3v) is 4.45. The Labute approximate surface area is 121 Å². The molecule has 0 aliphatic carbocycles. The van der Waals surface area contributed by atoms with Crippen molar-refractivity contribution >= 4 is 27.3 Å². The summed E-state index contributed by atoms with van der Waals surface area (Å²) in [4.78, 5) is 3.92. The molecule has 1 N–H and O–H groups in total. The minimum Gasteiger partial charge on any atom is -0.278 e. The van der Waals surface area contributed by atoms with Crippen LogP contribution in [0.1, 0.15) is 11.3 Å². The van der Waals surface area contributed by atoms with Crippen LogP contribution in [0.15, 0.2) is 41.4 Å². The molecule has 0 radical (unpaired) electrons. The summed E-state index contributed by atoms with van der Waals surface area (Å²) in [6, 6.07) is 9.15. The van der Waals surface area contributed by atoms with Gasteiger partial charge in [0.2, 0.25) is 0 Å². The van der Waals surface area contributed by atoms with E-state index in [1.54, 1.807) is 25.3 Å². The number of halogens is 1. The lowest BCUT2D eigenvalue weighted by atomic mass is 10.2. The second-order valence-corrected chi connectivity index (χ2v) is 6.06. The Hall–Kier alpha value is -2.10. The lowest BCUT2D eigenvalue weighted by Crippen LogP contribution is -2.14. The highest BCUT2D eigenvalue weighted by Gasteiger charge is 2.19. The molecular weight excluding hydrogens is 298 g/mol. The van der Waals surface area contributed by atoms with Crippen molar-refractivity contribution < 1.29 is 8.42 Å². The molecule has 0 saturated heterocycles. The van der Waals surface area contributed by atoms with Crippen molar-refractivity contribution in [3.8, 4) is 6.07 Å². The number of nitrogens with zero attached hydrogens (tertiary/aromatic N) is 2. The van der Waals surface area contributed by atoms with Gasteiger partial charge in [0.25, 0.3) is 10.0 Å². The number of rotatable bonds is 3. The fraction of sp³-hybridized carbons (Fsp3) is 0.0769. The number of hydrogen-bond acceptors (Lipinski definition) is 4. The molecule has 0 bridgehead atoms. The summed E-state index contributed by atoms with van der Waals surface area (Å²) in [5, 5.41) is 8.74. The van der Waals surface area contributed by atoms with E-state index in [9.17, 15) is 8.42 Å². The van der Waals surface area contributed by atoms with E-state index in [1.165, 1.54) is 18.2 Å². The van der Waals surface area contributed by atoms with Gasteiger partial charge in [-0.25, -0.2) is 8.42 Å². The number of aryl methyl sites for hydroxylation is 1. The number of hydrogen-bond donors (Lipinski definition) is 1. The monoisotopic (exact) mass is 307 g/mol. The lowest BCUT2D eigenvalue weighted by molar-refractivity contribution is 0.601. The van der Waals surface area contributed by atoms with E-state index in [4.69, 9.17) is 16.9 Å². The first-order valence-corrected chi connectivity index (χ1v) is 7.44. The second kappa shape index (κ2) is 5.49. The van der Waals surface area contributed by atoms with Gasteiger partial charge >= 0.3 is 0 Å². The topological polar surface area (TPSA) is 82.8 Å². The molecule has 7 heteroatoms. The first-order valence-electron chi connectivity index (χ1n) is 5.58. The number of aromatic nitrogens is 1. The number of pyridine rings is 1. The first-order chi connectivity index (χ1) is 9.44. The van der Waals surface area contributed by atoms with Crippen molar-refractivity contribution in [1.82, 2.24) is 4.98 Å². The highest BCUT2D eigenvalue weighted by atomic mass is 35.5. The van der Waals surface area contributed by atoms with E-state index in [-0.39, 0.29) is 9.92 Å². The molecule has 1 heterocycles. The van der Waals surface area contributed by atoms with Crippen LogP contribution in [0.5, 0.6) is 0 Å². The predicted molar refractivity (Wildman–Crippen MR) is 75.9 cm³/mol.